The van der Waals surface area contributed by atoms with Crippen molar-refractivity contribution < 1.29 is 14.3 Å². The molecular formula is C11H13Cl2NO3. The third kappa shape index (κ3) is 3.98. The number of rotatable bonds is 4. The number of methoxy groups -OCH3 is 2. The monoisotopic (exact) mass is 277 g/mol. The molecule has 0 aliphatic carbocycles. The summed E-state index contributed by atoms with van der Waals surface area (Å²) in [5, 5.41) is 3.57. The summed E-state index contributed by atoms with van der Waals surface area (Å²) < 4.78 is 9.54. The molecule has 1 rings (SSSR count). The van der Waals surface area contributed by atoms with Crippen molar-refractivity contribution in [3.05, 3.63) is 27.7 Å². The molecule has 0 aliphatic heterocycles. The zero-order valence-corrected chi connectivity index (χ0v) is 11.1. The summed E-state index contributed by atoms with van der Waals surface area (Å²) >= 11 is 11.9. The molecule has 0 unspecified atom stereocenters. The summed E-state index contributed by atoms with van der Waals surface area (Å²) in [6, 6.07) is 3.37. The van der Waals surface area contributed by atoms with Gasteiger partial charge in [-0.3, -0.25) is 0 Å². The van der Waals surface area contributed by atoms with E-state index in [4.69, 9.17) is 27.9 Å². The Morgan fingerprint density at radius 2 is 2.00 bits per heavy atom. The van der Waals surface area contributed by atoms with Crippen molar-refractivity contribution in [3.8, 4) is 5.75 Å². The van der Waals surface area contributed by atoms with Crippen LogP contribution in [0.15, 0.2) is 12.1 Å². The lowest BCUT2D eigenvalue weighted by atomic mass is 10.1. The number of hydrogen-bond donors (Lipinski definition) is 1. The first kappa shape index (κ1) is 13.9. The normalized spacial score (nSPS) is 9.88. The van der Waals surface area contributed by atoms with Gasteiger partial charge >= 0.3 is 6.09 Å². The van der Waals surface area contributed by atoms with Crippen molar-refractivity contribution >= 4 is 29.3 Å². The maximum absolute atomic E-state index is 10.9. The Morgan fingerprint density at radius 1 is 1.29 bits per heavy atom. The van der Waals surface area contributed by atoms with E-state index in [0.29, 0.717) is 28.8 Å². The topological polar surface area (TPSA) is 47.6 Å². The minimum absolute atomic E-state index is 0.428. The van der Waals surface area contributed by atoms with Crippen LogP contribution in [0.1, 0.15) is 5.56 Å². The van der Waals surface area contributed by atoms with Crippen molar-refractivity contribution in [2.24, 2.45) is 0 Å². The van der Waals surface area contributed by atoms with Crippen molar-refractivity contribution in [2.75, 3.05) is 20.8 Å². The summed E-state index contributed by atoms with van der Waals surface area (Å²) in [6.45, 7) is 0.428. The van der Waals surface area contributed by atoms with E-state index in [1.165, 1.54) is 14.2 Å². The highest BCUT2D eigenvalue weighted by Gasteiger charge is 2.08. The first-order valence-corrected chi connectivity index (χ1v) is 5.67. The predicted octanol–water partition coefficient (Wildman–Crippen LogP) is 2.90. The molecule has 1 aromatic carbocycles. The third-order valence-electron chi connectivity index (χ3n) is 2.17. The molecule has 6 heteroatoms. The SMILES string of the molecule is COC(=O)NCCc1cc(OC)c(Cl)cc1Cl. The zero-order chi connectivity index (χ0) is 12.8. The van der Waals surface area contributed by atoms with Gasteiger partial charge in [0.15, 0.2) is 0 Å². The molecule has 0 saturated heterocycles. The molecule has 1 N–H and O–H groups in total. The second kappa shape index (κ2) is 6.57. The largest absolute Gasteiger partial charge is 0.495 e. The average molecular weight is 278 g/mol. The van der Waals surface area contributed by atoms with Crippen LogP contribution in [0.4, 0.5) is 4.79 Å². The number of nitrogens with one attached hydrogen (secondary N) is 1. The molecule has 0 atom stereocenters. The van der Waals surface area contributed by atoms with Crippen LogP contribution in [0.25, 0.3) is 0 Å². The Kier molecular flexibility index (Phi) is 5.38. The molecule has 0 heterocycles. The van der Waals surface area contributed by atoms with Gasteiger partial charge in [0.2, 0.25) is 0 Å². The zero-order valence-electron chi connectivity index (χ0n) is 9.55. The van der Waals surface area contributed by atoms with Gasteiger partial charge in [-0.1, -0.05) is 23.2 Å². The van der Waals surface area contributed by atoms with Gasteiger partial charge in [-0.15, -0.1) is 0 Å². The standard InChI is InChI=1S/C11H13Cl2NO3/c1-16-10-5-7(8(12)6-9(10)13)3-4-14-11(15)17-2/h5-6H,3-4H2,1-2H3,(H,14,15). The quantitative estimate of drug-likeness (QED) is 0.921. The van der Waals surface area contributed by atoms with Crippen LogP contribution in [0.3, 0.4) is 0 Å². The van der Waals surface area contributed by atoms with Gasteiger partial charge < -0.3 is 14.8 Å². The van der Waals surface area contributed by atoms with Crippen molar-refractivity contribution in [1.82, 2.24) is 5.32 Å². The summed E-state index contributed by atoms with van der Waals surface area (Å²) in [4.78, 5) is 10.9. The molecule has 17 heavy (non-hydrogen) atoms. The lowest BCUT2D eigenvalue weighted by Gasteiger charge is -2.09. The second-order valence-corrected chi connectivity index (χ2v) is 4.06. The van der Waals surface area contributed by atoms with Crippen LogP contribution >= 0.6 is 23.2 Å². The van der Waals surface area contributed by atoms with Crippen molar-refractivity contribution in [2.45, 2.75) is 6.42 Å². The average Bonchev–Trinajstić information content (AvgIpc) is 2.31. The number of alkyl carbamates (subject to hydrolysis) is 1. The fourth-order valence-electron chi connectivity index (χ4n) is 1.29. The molecule has 0 radical (unpaired) electrons. The highest BCUT2D eigenvalue weighted by atomic mass is 35.5. The predicted molar refractivity (Wildman–Crippen MR) is 67.1 cm³/mol. The number of hydrogen-bond acceptors (Lipinski definition) is 3. The van der Waals surface area contributed by atoms with E-state index in [-0.39, 0.29) is 0 Å². The van der Waals surface area contributed by atoms with Gasteiger partial charge in [-0.25, -0.2) is 4.79 Å². The highest BCUT2D eigenvalue weighted by Crippen LogP contribution is 2.30. The minimum Gasteiger partial charge on any atom is -0.495 e. The van der Waals surface area contributed by atoms with E-state index in [9.17, 15) is 4.79 Å². The molecule has 1 amide bonds. The Balaban J connectivity index is 2.67. The van der Waals surface area contributed by atoms with Gasteiger partial charge in [0.05, 0.1) is 19.2 Å². The summed E-state index contributed by atoms with van der Waals surface area (Å²) in [5.74, 6) is 0.559. The van der Waals surface area contributed by atoms with E-state index in [0.717, 1.165) is 5.56 Å². The Labute approximate surface area is 110 Å². The highest BCUT2D eigenvalue weighted by molar-refractivity contribution is 6.36. The van der Waals surface area contributed by atoms with Crippen LogP contribution in [0.2, 0.25) is 10.0 Å². The van der Waals surface area contributed by atoms with Gasteiger partial charge in [0.25, 0.3) is 0 Å². The van der Waals surface area contributed by atoms with Crippen LogP contribution in [0, 0.1) is 0 Å². The van der Waals surface area contributed by atoms with E-state index in [1.54, 1.807) is 12.1 Å². The minimum atomic E-state index is -0.470. The van der Waals surface area contributed by atoms with Crippen molar-refractivity contribution in [1.29, 1.82) is 0 Å². The fourth-order valence-corrected chi connectivity index (χ4v) is 1.85. The van der Waals surface area contributed by atoms with Crippen LogP contribution in [-0.4, -0.2) is 26.9 Å². The maximum atomic E-state index is 10.9. The Hall–Kier alpha value is -1.13. The molecule has 0 aromatic heterocycles. The summed E-state index contributed by atoms with van der Waals surface area (Å²) in [6.07, 6.45) is 0.101. The second-order valence-electron chi connectivity index (χ2n) is 3.25. The number of ether oxygens (including phenoxy) is 2. The molecule has 0 saturated carbocycles. The number of carbonyl (C=O) groups excluding carboxylic acids is 1. The fraction of sp³-hybridized carbons (Fsp3) is 0.364. The smallest absolute Gasteiger partial charge is 0.406 e. The summed E-state index contributed by atoms with van der Waals surface area (Å²) in [5.41, 5.74) is 0.851. The molecule has 1 aromatic rings. The van der Waals surface area contributed by atoms with Gasteiger partial charge in [-0.05, 0) is 24.1 Å². The maximum Gasteiger partial charge on any atom is 0.406 e. The van der Waals surface area contributed by atoms with Crippen molar-refractivity contribution in [3.63, 3.8) is 0 Å². The van der Waals surface area contributed by atoms with E-state index >= 15 is 0 Å². The Morgan fingerprint density at radius 3 is 2.59 bits per heavy atom. The van der Waals surface area contributed by atoms with Crippen LogP contribution in [-0.2, 0) is 11.2 Å². The molecule has 0 spiro atoms. The first-order valence-electron chi connectivity index (χ1n) is 4.92. The van der Waals surface area contributed by atoms with Crippen LogP contribution in [0.5, 0.6) is 5.75 Å². The van der Waals surface area contributed by atoms with E-state index < -0.39 is 6.09 Å². The lowest BCUT2D eigenvalue weighted by molar-refractivity contribution is 0.171. The number of amides is 1. The van der Waals surface area contributed by atoms with E-state index in [2.05, 4.69) is 10.1 Å². The molecule has 0 aliphatic rings. The number of halogens is 2. The number of benzene rings is 1. The van der Waals surface area contributed by atoms with Crippen LogP contribution < -0.4 is 10.1 Å². The van der Waals surface area contributed by atoms with Gasteiger partial charge in [-0.2, -0.15) is 0 Å². The lowest BCUT2D eigenvalue weighted by Crippen LogP contribution is -2.25. The van der Waals surface area contributed by atoms with E-state index in [1.807, 2.05) is 0 Å². The van der Waals surface area contributed by atoms with Gasteiger partial charge in [0.1, 0.15) is 5.75 Å². The third-order valence-corrected chi connectivity index (χ3v) is 2.82. The Bertz CT molecular complexity index is 410. The van der Waals surface area contributed by atoms with Gasteiger partial charge in [0, 0.05) is 11.6 Å². The molecule has 94 valence electrons. The molecule has 0 fully saturated rings. The summed E-state index contributed by atoms with van der Waals surface area (Å²) in [7, 11) is 2.85. The first-order chi connectivity index (χ1) is 8.08. The molecule has 4 nitrogen and oxygen atoms in total. The number of carbonyl (C=O) groups is 1. The molecular weight excluding hydrogens is 265 g/mol. The molecule has 0 bridgehead atoms.